The highest BCUT2D eigenvalue weighted by molar-refractivity contribution is 9.11. The van der Waals surface area contributed by atoms with Crippen molar-refractivity contribution in [3.63, 3.8) is 0 Å². The normalized spacial score (nSPS) is 12.2. The molecule has 0 aromatic carbocycles. The summed E-state index contributed by atoms with van der Waals surface area (Å²) in [7, 11) is 0. The van der Waals surface area contributed by atoms with E-state index in [0.29, 0.717) is 25.9 Å². The molecule has 0 fully saturated rings. The maximum absolute atomic E-state index is 11.2. The molecule has 2 aromatic rings. The van der Waals surface area contributed by atoms with Crippen LogP contribution in [0.5, 0.6) is 0 Å². The van der Waals surface area contributed by atoms with Gasteiger partial charge in [-0.05, 0) is 78.7 Å². The molecule has 0 atom stereocenters. The largest absolute Gasteiger partial charge is 0.466 e. The van der Waals surface area contributed by atoms with Crippen molar-refractivity contribution in [1.29, 1.82) is 0 Å². The molecule has 0 radical (unpaired) electrons. The van der Waals surface area contributed by atoms with Gasteiger partial charge in [-0.2, -0.15) is 0 Å². The second-order valence-corrected chi connectivity index (χ2v) is 8.02. The first-order valence-electron chi connectivity index (χ1n) is 8.03. The smallest absolute Gasteiger partial charge is 0.306 e. The zero-order chi connectivity index (χ0) is 19.1. The molecular weight excluding hydrogens is 532 g/mol. The fraction of sp³-hybridized carbons (Fsp3) is 0.333. The minimum atomic E-state index is -0.173. The number of hydrogen-bond donors (Lipinski definition) is 0. The van der Waals surface area contributed by atoms with E-state index in [1.165, 1.54) is 0 Å². The average Bonchev–Trinajstić information content (AvgIpc) is 2.98. The number of rotatable bonds is 4. The molecule has 1 aliphatic rings. The lowest BCUT2D eigenvalue weighted by Crippen LogP contribution is -2.05. The molecule has 0 saturated heterocycles. The molecule has 0 spiro atoms. The molecule has 0 bridgehead atoms. The molecule has 1 aliphatic carbocycles. The summed E-state index contributed by atoms with van der Waals surface area (Å²) in [5, 5.41) is 0. The van der Waals surface area contributed by atoms with Crippen LogP contribution in [0.15, 0.2) is 38.2 Å². The van der Waals surface area contributed by atoms with Crippen LogP contribution >= 0.6 is 47.8 Å². The summed E-state index contributed by atoms with van der Waals surface area (Å²) in [6.07, 6.45) is 9.33. The van der Waals surface area contributed by atoms with E-state index in [0.717, 1.165) is 36.5 Å². The molecule has 26 heavy (non-hydrogen) atoms. The van der Waals surface area contributed by atoms with E-state index < -0.39 is 0 Å². The number of ether oxygens (including phenoxy) is 1. The molecule has 2 heterocycles. The molecule has 5 nitrogen and oxygen atoms in total. The van der Waals surface area contributed by atoms with Gasteiger partial charge in [0.05, 0.1) is 6.61 Å². The molecule has 0 amide bonds. The molecule has 0 N–H and O–H groups in total. The third-order valence-electron chi connectivity index (χ3n) is 3.74. The average molecular weight is 549 g/mol. The first-order valence-corrected chi connectivity index (χ1v) is 10.4. The van der Waals surface area contributed by atoms with Gasteiger partial charge in [-0.3, -0.25) is 19.6 Å². The summed E-state index contributed by atoms with van der Waals surface area (Å²) < 4.78 is 7.63. The lowest BCUT2D eigenvalue weighted by Gasteiger charge is -2.06. The summed E-state index contributed by atoms with van der Waals surface area (Å²) in [6, 6.07) is 0. The standard InChI is InChI=1S/C10H11Br2NO2.C8H6BrNO/c1-2-15-10(14)4-3-7-8(11)5-13-6-9(7)12;9-7-4-10-3-6-5(7)1-2-8(6)11/h5-6H,2-4H2,1H3;3-4H,1-2H2. The first-order chi connectivity index (χ1) is 12.4. The first kappa shape index (κ1) is 21.2. The fourth-order valence-electron chi connectivity index (χ4n) is 2.47. The molecule has 0 unspecified atom stereocenters. The van der Waals surface area contributed by atoms with Crippen LogP contribution in [0.25, 0.3) is 0 Å². The minimum Gasteiger partial charge on any atom is -0.466 e. The topological polar surface area (TPSA) is 69.2 Å². The van der Waals surface area contributed by atoms with Crippen LogP contribution < -0.4 is 0 Å². The van der Waals surface area contributed by atoms with Gasteiger partial charge in [-0.25, -0.2) is 0 Å². The van der Waals surface area contributed by atoms with Crippen LogP contribution in [0, 0.1) is 0 Å². The Hall–Kier alpha value is -1.12. The van der Waals surface area contributed by atoms with E-state index >= 15 is 0 Å². The molecule has 2 aromatic heterocycles. The number of Topliss-reactive ketones (excluding diaryl/α,β-unsaturated/α-hetero) is 1. The van der Waals surface area contributed by atoms with E-state index in [4.69, 9.17) is 4.74 Å². The van der Waals surface area contributed by atoms with Gasteiger partial charge in [0.1, 0.15) is 0 Å². The fourth-order valence-corrected chi connectivity index (χ4v) is 4.32. The van der Waals surface area contributed by atoms with Crippen molar-refractivity contribution in [2.75, 3.05) is 6.61 Å². The lowest BCUT2D eigenvalue weighted by molar-refractivity contribution is -0.143. The Morgan fingerprint density at radius 3 is 2.27 bits per heavy atom. The van der Waals surface area contributed by atoms with Gasteiger partial charge in [0.15, 0.2) is 5.78 Å². The van der Waals surface area contributed by atoms with Gasteiger partial charge in [-0.15, -0.1) is 0 Å². The summed E-state index contributed by atoms with van der Waals surface area (Å²) in [5.41, 5.74) is 2.95. The maximum Gasteiger partial charge on any atom is 0.306 e. The highest BCUT2D eigenvalue weighted by Crippen LogP contribution is 2.27. The minimum absolute atomic E-state index is 0.173. The molecule has 0 aliphatic heterocycles. The number of fused-ring (bicyclic) bond motifs is 1. The Kier molecular flexibility index (Phi) is 8.37. The van der Waals surface area contributed by atoms with Crippen LogP contribution in [0.1, 0.15) is 41.3 Å². The number of ketones is 1. The Labute approximate surface area is 177 Å². The van der Waals surface area contributed by atoms with Crippen LogP contribution in [0.3, 0.4) is 0 Å². The summed E-state index contributed by atoms with van der Waals surface area (Å²) in [6.45, 7) is 2.23. The van der Waals surface area contributed by atoms with Crippen molar-refractivity contribution in [3.05, 3.63) is 54.9 Å². The van der Waals surface area contributed by atoms with Crippen molar-refractivity contribution in [3.8, 4) is 0 Å². The number of esters is 1. The van der Waals surface area contributed by atoms with Crippen molar-refractivity contribution in [1.82, 2.24) is 9.97 Å². The number of pyridine rings is 2. The summed E-state index contributed by atoms with van der Waals surface area (Å²) in [4.78, 5) is 30.3. The van der Waals surface area contributed by atoms with Gasteiger partial charge >= 0.3 is 5.97 Å². The third-order valence-corrected chi connectivity index (χ3v) is 5.79. The number of aromatic nitrogens is 2. The quantitative estimate of drug-likeness (QED) is 0.499. The van der Waals surface area contributed by atoms with Gasteiger partial charge in [0.25, 0.3) is 0 Å². The monoisotopic (exact) mass is 546 g/mol. The van der Waals surface area contributed by atoms with Gasteiger partial charge < -0.3 is 4.74 Å². The Balaban J connectivity index is 0.000000195. The molecule has 138 valence electrons. The van der Waals surface area contributed by atoms with Crippen LogP contribution in [0.2, 0.25) is 0 Å². The van der Waals surface area contributed by atoms with Crippen LogP contribution in [-0.4, -0.2) is 28.3 Å². The second-order valence-electron chi connectivity index (χ2n) is 5.46. The van der Waals surface area contributed by atoms with Crippen LogP contribution in [-0.2, 0) is 22.4 Å². The second kappa shape index (κ2) is 10.3. The number of carbonyl (C=O) groups is 2. The summed E-state index contributed by atoms with van der Waals surface area (Å²) in [5.74, 6) is 0.0434. The third kappa shape index (κ3) is 5.69. The number of halogens is 3. The molecule has 3 rings (SSSR count). The van der Waals surface area contributed by atoms with E-state index in [2.05, 4.69) is 57.8 Å². The predicted octanol–water partition coefficient (Wildman–Crippen LogP) is 5.08. The van der Waals surface area contributed by atoms with Gasteiger partial charge in [-0.1, -0.05) is 0 Å². The Bertz CT molecular complexity index is 792. The van der Waals surface area contributed by atoms with Crippen molar-refractivity contribution in [2.45, 2.75) is 32.6 Å². The molecule has 0 saturated carbocycles. The highest BCUT2D eigenvalue weighted by atomic mass is 79.9. The van der Waals surface area contributed by atoms with Crippen molar-refractivity contribution in [2.24, 2.45) is 0 Å². The SMILES string of the molecule is CCOC(=O)CCc1c(Br)cncc1Br.O=C1CCc2c(Br)cncc21. The molecule has 8 heteroatoms. The van der Waals surface area contributed by atoms with E-state index in [9.17, 15) is 9.59 Å². The van der Waals surface area contributed by atoms with Crippen LogP contribution in [0.4, 0.5) is 0 Å². The van der Waals surface area contributed by atoms with Gasteiger partial charge in [0.2, 0.25) is 0 Å². The molecular formula is C18H17Br3N2O3. The predicted molar refractivity (Wildman–Crippen MR) is 109 cm³/mol. The van der Waals surface area contributed by atoms with E-state index in [-0.39, 0.29) is 11.8 Å². The summed E-state index contributed by atoms with van der Waals surface area (Å²) >= 11 is 10.1. The zero-order valence-corrected chi connectivity index (χ0v) is 18.9. The Morgan fingerprint density at radius 1 is 1.04 bits per heavy atom. The number of hydrogen-bond acceptors (Lipinski definition) is 5. The van der Waals surface area contributed by atoms with Gasteiger partial charge in [0, 0.05) is 56.6 Å². The Morgan fingerprint density at radius 2 is 1.65 bits per heavy atom. The van der Waals surface area contributed by atoms with E-state index in [1.54, 1.807) is 31.7 Å². The zero-order valence-electron chi connectivity index (χ0n) is 14.1. The highest BCUT2D eigenvalue weighted by Gasteiger charge is 2.21. The van der Waals surface area contributed by atoms with E-state index in [1.807, 2.05) is 0 Å². The maximum atomic E-state index is 11.2. The number of nitrogens with zero attached hydrogens (tertiary/aromatic N) is 2. The van der Waals surface area contributed by atoms with Crippen molar-refractivity contribution >= 4 is 59.5 Å². The number of carbonyl (C=O) groups excluding carboxylic acids is 2. The lowest BCUT2D eigenvalue weighted by atomic mass is 10.1. The van der Waals surface area contributed by atoms with Crippen molar-refractivity contribution < 1.29 is 14.3 Å².